The van der Waals surface area contributed by atoms with Crippen molar-refractivity contribution in [3.63, 3.8) is 0 Å². The van der Waals surface area contributed by atoms with E-state index in [4.69, 9.17) is 30.4 Å². The Morgan fingerprint density at radius 1 is 0.462 bits per heavy atom. The quantitative estimate of drug-likeness (QED) is 0.154. The first-order valence-corrected chi connectivity index (χ1v) is 17.2. The third-order valence-electron chi connectivity index (χ3n) is 9.75. The molecule has 0 spiro atoms. The fourth-order valence-electron chi connectivity index (χ4n) is 7.06. The van der Waals surface area contributed by atoms with E-state index in [1.54, 1.807) is 62.8 Å². The van der Waals surface area contributed by atoms with E-state index in [0.29, 0.717) is 46.2 Å². The summed E-state index contributed by atoms with van der Waals surface area (Å²) in [6, 6.07) is 36.7. The van der Waals surface area contributed by atoms with Crippen molar-refractivity contribution in [2.45, 2.75) is 37.5 Å². The molecule has 52 heavy (non-hydrogen) atoms. The standard InChI is InChI=1S/2C22H20FNO2/c2*1-25-19-7-8-22(21(24)13-19)26-20-6-5-15-9-16(10-17(15)12-20)14-3-2-4-18(23)11-14/h2*2-8,11-13,16H,9-10,24H2,1H3. The molecular formula is C44H40F2N2O4. The molecule has 264 valence electrons. The predicted molar refractivity (Wildman–Crippen MR) is 201 cm³/mol. The fraction of sp³-hybridized carbons (Fsp3) is 0.182. The number of nitrogen functional groups attached to an aromatic ring is 2. The van der Waals surface area contributed by atoms with Gasteiger partial charge in [0.05, 0.1) is 25.6 Å². The maximum atomic E-state index is 13.5. The molecule has 0 aliphatic heterocycles. The minimum Gasteiger partial charge on any atom is -0.497 e. The molecule has 2 aliphatic rings. The molecule has 6 aromatic rings. The van der Waals surface area contributed by atoms with Crippen LogP contribution in [-0.2, 0) is 25.7 Å². The van der Waals surface area contributed by atoms with Crippen molar-refractivity contribution in [1.29, 1.82) is 0 Å². The van der Waals surface area contributed by atoms with E-state index in [9.17, 15) is 8.78 Å². The number of methoxy groups -OCH3 is 2. The van der Waals surface area contributed by atoms with Gasteiger partial charge in [0.2, 0.25) is 0 Å². The van der Waals surface area contributed by atoms with E-state index >= 15 is 0 Å². The molecule has 6 aromatic carbocycles. The molecular weight excluding hydrogens is 658 g/mol. The van der Waals surface area contributed by atoms with Gasteiger partial charge in [-0.1, -0.05) is 36.4 Å². The van der Waals surface area contributed by atoms with Crippen LogP contribution < -0.4 is 30.4 Å². The molecule has 2 atom stereocenters. The van der Waals surface area contributed by atoms with Crippen LogP contribution in [0.1, 0.15) is 45.2 Å². The Bertz CT molecular complexity index is 2070. The van der Waals surface area contributed by atoms with E-state index in [2.05, 4.69) is 24.3 Å². The molecule has 0 aromatic heterocycles. The number of ether oxygens (including phenoxy) is 4. The van der Waals surface area contributed by atoms with Crippen LogP contribution in [-0.4, -0.2) is 14.2 Å². The summed E-state index contributed by atoms with van der Waals surface area (Å²) >= 11 is 0. The van der Waals surface area contributed by atoms with Crippen LogP contribution in [0.15, 0.2) is 121 Å². The minimum absolute atomic E-state index is 0.183. The maximum Gasteiger partial charge on any atom is 0.150 e. The summed E-state index contributed by atoms with van der Waals surface area (Å²) in [4.78, 5) is 0. The third kappa shape index (κ3) is 7.81. The van der Waals surface area contributed by atoms with Crippen LogP contribution >= 0.6 is 0 Å². The zero-order chi connectivity index (χ0) is 36.2. The molecule has 4 N–H and O–H groups in total. The van der Waals surface area contributed by atoms with Gasteiger partial charge in [0.1, 0.15) is 34.6 Å². The van der Waals surface area contributed by atoms with Gasteiger partial charge in [0, 0.05) is 12.1 Å². The summed E-state index contributed by atoms with van der Waals surface area (Å²) < 4.78 is 49.2. The molecule has 2 unspecified atom stereocenters. The summed E-state index contributed by atoms with van der Waals surface area (Å²) in [6.07, 6.45) is 3.61. The monoisotopic (exact) mass is 698 g/mol. The van der Waals surface area contributed by atoms with Crippen LogP contribution in [0.2, 0.25) is 0 Å². The normalized spacial score (nSPS) is 15.5. The molecule has 6 nitrogen and oxygen atoms in total. The molecule has 0 radical (unpaired) electrons. The summed E-state index contributed by atoms with van der Waals surface area (Å²) in [7, 11) is 3.20. The van der Waals surface area contributed by atoms with Gasteiger partial charge in [0.25, 0.3) is 0 Å². The Morgan fingerprint density at radius 3 is 1.25 bits per heavy atom. The fourth-order valence-corrected chi connectivity index (χ4v) is 7.06. The maximum absolute atomic E-state index is 13.5. The summed E-state index contributed by atoms with van der Waals surface area (Å²) in [5.41, 5.74) is 20.3. The first-order chi connectivity index (χ1) is 25.2. The van der Waals surface area contributed by atoms with E-state index in [1.165, 1.54) is 34.4 Å². The van der Waals surface area contributed by atoms with Crippen molar-refractivity contribution < 1.29 is 27.7 Å². The molecule has 0 heterocycles. The highest BCUT2D eigenvalue weighted by molar-refractivity contribution is 5.59. The van der Waals surface area contributed by atoms with Crippen molar-refractivity contribution in [3.8, 4) is 34.5 Å². The van der Waals surface area contributed by atoms with Crippen LogP contribution in [0.4, 0.5) is 20.2 Å². The van der Waals surface area contributed by atoms with Gasteiger partial charge >= 0.3 is 0 Å². The van der Waals surface area contributed by atoms with Crippen molar-refractivity contribution in [2.24, 2.45) is 0 Å². The number of anilines is 2. The number of benzene rings is 6. The third-order valence-corrected chi connectivity index (χ3v) is 9.75. The molecule has 0 fully saturated rings. The number of fused-ring (bicyclic) bond motifs is 2. The molecule has 0 saturated heterocycles. The second-order valence-corrected chi connectivity index (χ2v) is 13.2. The lowest BCUT2D eigenvalue weighted by atomic mass is 9.96. The van der Waals surface area contributed by atoms with Crippen molar-refractivity contribution in [1.82, 2.24) is 0 Å². The highest BCUT2D eigenvalue weighted by Crippen LogP contribution is 2.39. The van der Waals surface area contributed by atoms with Gasteiger partial charge in [-0.05, 0) is 144 Å². The van der Waals surface area contributed by atoms with Crippen molar-refractivity contribution in [2.75, 3.05) is 25.7 Å². The van der Waals surface area contributed by atoms with E-state index < -0.39 is 0 Å². The predicted octanol–water partition coefficient (Wildman–Crippen LogP) is 10.2. The van der Waals surface area contributed by atoms with E-state index in [1.807, 2.05) is 36.4 Å². The number of hydrogen-bond donors (Lipinski definition) is 2. The van der Waals surface area contributed by atoms with Crippen LogP contribution in [0, 0.1) is 11.6 Å². The summed E-state index contributed by atoms with van der Waals surface area (Å²) in [6.45, 7) is 0. The lowest BCUT2D eigenvalue weighted by Gasteiger charge is -2.11. The lowest BCUT2D eigenvalue weighted by molar-refractivity contribution is 0.413. The zero-order valence-corrected chi connectivity index (χ0v) is 29.1. The Balaban J connectivity index is 0.000000162. The van der Waals surface area contributed by atoms with E-state index in [0.717, 1.165) is 48.3 Å². The second-order valence-electron chi connectivity index (χ2n) is 13.2. The number of halogens is 2. The van der Waals surface area contributed by atoms with Gasteiger partial charge in [-0.25, -0.2) is 8.78 Å². The van der Waals surface area contributed by atoms with Gasteiger partial charge in [0.15, 0.2) is 11.5 Å². The molecule has 0 bridgehead atoms. The van der Waals surface area contributed by atoms with Gasteiger partial charge in [-0.15, -0.1) is 0 Å². The lowest BCUT2D eigenvalue weighted by Crippen LogP contribution is -1.98. The number of rotatable bonds is 8. The van der Waals surface area contributed by atoms with Gasteiger partial charge in [-0.2, -0.15) is 0 Å². The van der Waals surface area contributed by atoms with Crippen LogP contribution in [0.3, 0.4) is 0 Å². The largest absolute Gasteiger partial charge is 0.497 e. The number of hydrogen-bond acceptors (Lipinski definition) is 6. The van der Waals surface area contributed by atoms with Gasteiger partial charge < -0.3 is 30.4 Å². The Labute approximate surface area is 302 Å². The topological polar surface area (TPSA) is 89.0 Å². The molecule has 0 amide bonds. The highest BCUT2D eigenvalue weighted by Gasteiger charge is 2.25. The summed E-state index contributed by atoms with van der Waals surface area (Å²) in [5, 5.41) is 0. The van der Waals surface area contributed by atoms with Crippen LogP contribution in [0.25, 0.3) is 0 Å². The SMILES string of the molecule is COc1ccc(Oc2ccc3c(c2)CC(c2cccc(F)c2)C3)c(N)c1.COc1ccc(Oc2ccc3c(c2)CC(c2cccc(F)c2)C3)c(N)c1. The average Bonchev–Trinajstić information content (AvgIpc) is 3.78. The van der Waals surface area contributed by atoms with Crippen molar-refractivity contribution >= 4 is 11.4 Å². The smallest absolute Gasteiger partial charge is 0.150 e. The molecule has 0 saturated carbocycles. The second kappa shape index (κ2) is 15.1. The average molecular weight is 699 g/mol. The molecule has 8 rings (SSSR count). The van der Waals surface area contributed by atoms with E-state index in [-0.39, 0.29) is 11.6 Å². The Kier molecular flexibility index (Phi) is 9.98. The van der Waals surface area contributed by atoms with Crippen molar-refractivity contribution in [3.05, 3.63) is 166 Å². The first-order valence-electron chi connectivity index (χ1n) is 17.2. The summed E-state index contributed by atoms with van der Waals surface area (Å²) in [5.74, 6) is 4.35. The molecule has 2 aliphatic carbocycles. The van der Waals surface area contributed by atoms with Gasteiger partial charge in [-0.3, -0.25) is 0 Å². The number of nitrogens with two attached hydrogens (primary N) is 2. The molecule has 8 heteroatoms. The minimum atomic E-state index is -0.183. The van der Waals surface area contributed by atoms with Crippen LogP contribution in [0.5, 0.6) is 34.5 Å². The Hall–Kier alpha value is -6.02. The zero-order valence-electron chi connectivity index (χ0n) is 29.1. The first kappa shape index (κ1) is 34.4. The highest BCUT2D eigenvalue weighted by atomic mass is 19.1. The Morgan fingerprint density at radius 2 is 0.865 bits per heavy atom.